The van der Waals surface area contributed by atoms with Gasteiger partial charge in [0.25, 0.3) is 0 Å². The van der Waals surface area contributed by atoms with E-state index in [2.05, 4.69) is 5.32 Å². The van der Waals surface area contributed by atoms with Crippen LogP contribution in [0, 0.1) is 11.6 Å². The van der Waals surface area contributed by atoms with Gasteiger partial charge in [-0.3, -0.25) is 4.79 Å². The van der Waals surface area contributed by atoms with Crippen molar-refractivity contribution in [3.63, 3.8) is 0 Å². The van der Waals surface area contributed by atoms with E-state index in [9.17, 15) is 18.4 Å². The molecule has 0 radical (unpaired) electrons. The fourth-order valence-corrected chi connectivity index (χ4v) is 3.98. The molecule has 4 nitrogen and oxygen atoms in total. The number of nitrogens with one attached hydrogen (secondary N) is 1. The standard InChI is InChI=1S/C22H23F2NO3/c1-28-20(26)19(14-15-7-6-8-16(23)13-15)25-21(27)22(11-4-5-12-22)17-9-2-3-10-18(17)24/h2-3,6-10,13,19H,4-5,11-12,14H2,1H3,(H,25,27). The van der Waals surface area contributed by atoms with Crippen LogP contribution in [0.5, 0.6) is 0 Å². The van der Waals surface area contributed by atoms with Gasteiger partial charge in [-0.25, -0.2) is 13.6 Å². The smallest absolute Gasteiger partial charge is 0.328 e. The quantitative estimate of drug-likeness (QED) is 0.770. The Bertz CT molecular complexity index is 862. The molecule has 148 valence electrons. The van der Waals surface area contributed by atoms with Gasteiger partial charge in [-0.2, -0.15) is 0 Å². The maximum absolute atomic E-state index is 14.5. The Morgan fingerprint density at radius 3 is 2.46 bits per heavy atom. The number of halogens is 2. The van der Waals surface area contributed by atoms with Gasteiger partial charge >= 0.3 is 5.97 Å². The number of esters is 1. The number of carbonyl (C=O) groups excluding carboxylic acids is 2. The van der Waals surface area contributed by atoms with Gasteiger partial charge < -0.3 is 10.1 Å². The van der Waals surface area contributed by atoms with Crippen LogP contribution in [0.4, 0.5) is 8.78 Å². The van der Waals surface area contributed by atoms with E-state index in [1.807, 2.05) is 0 Å². The number of amides is 1. The first kappa shape index (κ1) is 20.0. The van der Waals surface area contributed by atoms with Crippen LogP contribution < -0.4 is 5.32 Å². The summed E-state index contributed by atoms with van der Waals surface area (Å²) in [5, 5.41) is 2.74. The fourth-order valence-electron chi connectivity index (χ4n) is 3.98. The van der Waals surface area contributed by atoms with Crippen molar-refractivity contribution in [2.75, 3.05) is 7.11 Å². The minimum atomic E-state index is -1.01. The molecule has 0 bridgehead atoms. The summed E-state index contributed by atoms with van der Waals surface area (Å²) >= 11 is 0. The molecule has 28 heavy (non-hydrogen) atoms. The predicted octanol–water partition coefficient (Wildman–Crippen LogP) is 3.68. The molecule has 1 N–H and O–H groups in total. The first-order valence-corrected chi connectivity index (χ1v) is 9.34. The Kier molecular flexibility index (Phi) is 6.07. The SMILES string of the molecule is COC(=O)C(Cc1cccc(F)c1)NC(=O)C1(c2ccccc2F)CCCC1. The summed E-state index contributed by atoms with van der Waals surface area (Å²) in [6.45, 7) is 0. The van der Waals surface area contributed by atoms with Gasteiger partial charge in [0.2, 0.25) is 5.91 Å². The first-order chi connectivity index (χ1) is 13.5. The monoisotopic (exact) mass is 387 g/mol. The highest BCUT2D eigenvalue weighted by Gasteiger charge is 2.45. The third kappa shape index (κ3) is 4.06. The largest absolute Gasteiger partial charge is 0.467 e. The fraction of sp³-hybridized carbons (Fsp3) is 0.364. The van der Waals surface area contributed by atoms with Gasteiger partial charge in [0, 0.05) is 12.0 Å². The van der Waals surface area contributed by atoms with Crippen LogP contribution in [0.2, 0.25) is 0 Å². The topological polar surface area (TPSA) is 55.4 Å². The van der Waals surface area contributed by atoms with E-state index in [-0.39, 0.29) is 6.42 Å². The van der Waals surface area contributed by atoms with Crippen LogP contribution in [0.1, 0.15) is 36.8 Å². The van der Waals surface area contributed by atoms with Crippen molar-refractivity contribution in [3.05, 3.63) is 71.3 Å². The molecule has 2 aromatic carbocycles. The van der Waals surface area contributed by atoms with Crippen molar-refractivity contribution in [3.8, 4) is 0 Å². The van der Waals surface area contributed by atoms with Gasteiger partial charge in [0.15, 0.2) is 0 Å². The third-order valence-corrected chi connectivity index (χ3v) is 5.40. The summed E-state index contributed by atoms with van der Waals surface area (Å²) in [6, 6.07) is 11.1. The Balaban J connectivity index is 1.87. The van der Waals surface area contributed by atoms with Gasteiger partial charge in [-0.15, -0.1) is 0 Å². The lowest BCUT2D eigenvalue weighted by Crippen LogP contribution is -2.51. The van der Waals surface area contributed by atoms with Gasteiger partial charge in [0.1, 0.15) is 17.7 Å². The van der Waals surface area contributed by atoms with E-state index in [4.69, 9.17) is 4.74 Å². The molecule has 1 unspecified atom stereocenters. The molecule has 6 heteroatoms. The van der Waals surface area contributed by atoms with E-state index in [0.717, 1.165) is 12.8 Å². The number of rotatable bonds is 6. The second-order valence-electron chi connectivity index (χ2n) is 7.15. The van der Waals surface area contributed by atoms with E-state index in [0.29, 0.717) is 24.0 Å². The summed E-state index contributed by atoms with van der Waals surface area (Å²) in [7, 11) is 1.23. The number of methoxy groups -OCH3 is 1. The molecule has 0 saturated heterocycles. The highest BCUT2D eigenvalue weighted by atomic mass is 19.1. The molecule has 2 aromatic rings. The number of ether oxygens (including phenoxy) is 1. The molecule has 1 amide bonds. The summed E-state index contributed by atoms with van der Waals surface area (Å²) < 4.78 is 32.8. The molecule has 3 rings (SSSR count). The zero-order valence-electron chi connectivity index (χ0n) is 15.7. The average Bonchev–Trinajstić information content (AvgIpc) is 3.18. The van der Waals surface area contributed by atoms with Gasteiger partial charge in [-0.05, 0) is 36.6 Å². The molecule has 1 fully saturated rings. The molecule has 0 spiro atoms. The summed E-state index contributed by atoms with van der Waals surface area (Å²) in [5.41, 5.74) is -0.110. The Hall–Kier alpha value is -2.76. The highest BCUT2D eigenvalue weighted by Crippen LogP contribution is 2.42. The van der Waals surface area contributed by atoms with Crippen LogP contribution in [-0.2, 0) is 26.2 Å². The van der Waals surface area contributed by atoms with Crippen LogP contribution in [0.25, 0.3) is 0 Å². The van der Waals surface area contributed by atoms with Crippen molar-refractivity contribution < 1.29 is 23.1 Å². The van der Waals surface area contributed by atoms with Crippen molar-refractivity contribution in [2.24, 2.45) is 0 Å². The minimum Gasteiger partial charge on any atom is -0.467 e. The lowest BCUT2D eigenvalue weighted by atomic mass is 9.77. The molecule has 0 heterocycles. The van der Waals surface area contributed by atoms with Gasteiger partial charge in [0.05, 0.1) is 12.5 Å². The summed E-state index contributed by atoms with van der Waals surface area (Å²) in [5.74, 6) is -1.88. The Morgan fingerprint density at radius 2 is 1.82 bits per heavy atom. The van der Waals surface area contributed by atoms with E-state index >= 15 is 0 Å². The zero-order chi connectivity index (χ0) is 20.1. The third-order valence-electron chi connectivity index (χ3n) is 5.40. The van der Waals surface area contributed by atoms with Gasteiger partial charge in [-0.1, -0.05) is 43.2 Å². The highest BCUT2D eigenvalue weighted by molar-refractivity contribution is 5.92. The van der Waals surface area contributed by atoms with Crippen LogP contribution in [-0.4, -0.2) is 25.0 Å². The maximum atomic E-state index is 14.5. The van der Waals surface area contributed by atoms with E-state index in [1.54, 1.807) is 30.3 Å². The number of benzene rings is 2. The molecular formula is C22H23F2NO3. The minimum absolute atomic E-state index is 0.0868. The maximum Gasteiger partial charge on any atom is 0.328 e. The Labute approximate surface area is 162 Å². The number of hydrogen-bond acceptors (Lipinski definition) is 3. The van der Waals surface area contributed by atoms with E-state index in [1.165, 1.54) is 25.3 Å². The molecule has 1 aliphatic rings. The summed E-state index contributed by atoms with van der Waals surface area (Å²) in [4.78, 5) is 25.5. The molecule has 1 atom stereocenters. The van der Waals surface area contributed by atoms with Crippen molar-refractivity contribution in [1.29, 1.82) is 0 Å². The van der Waals surface area contributed by atoms with Crippen molar-refractivity contribution >= 4 is 11.9 Å². The molecule has 1 saturated carbocycles. The lowest BCUT2D eigenvalue weighted by Gasteiger charge is -2.30. The molecular weight excluding hydrogens is 364 g/mol. The van der Waals surface area contributed by atoms with Crippen molar-refractivity contribution in [2.45, 2.75) is 43.6 Å². The number of carbonyl (C=O) groups is 2. The molecule has 0 aliphatic heterocycles. The van der Waals surface area contributed by atoms with Crippen LogP contribution >= 0.6 is 0 Å². The first-order valence-electron chi connectivity index (χ1n) is 9.34. The Morgan fingerprint density at radius 1 is 1.11 bits per heavy atom. The lowest BCUT2D eigenvalue weighted by molar-refractivity contribution is -0.145. The van der Waals surface area contributed by atoms with Crippen LogP contribution in [0.3, 0.4) is 0 Å². The molecule has 1 aliphatic carbocycles. The van der Waals surface area contributed by atoms with Crippen LogP contribution in [0.15, 0.2) is 48.5 Å². The summed E-state index contributed by atoms with van der Waals surface area (Å²) in [6.07, 6.45) is 2.70. The number of hydrogen-bond donors (Lipinski definition) is 1. The molecule has 0 aromatic heterocycles. The normalized spacial score (nSPS) is 16.4. The second kappa shape index (κ2) is 8.50. The van der Waals surface area contributed by atoms with E-state index < -0.39 is 35.0 Å². The van der Waals surface area contributed by atoms with Crippen molar-refractivity contribution in [1.82, 2.24) is 5.32 Å². The second-order valence-corrected chi connectivity index (χ2v) is 7.15. The predicted molar refractivity (Wildman–Crippen MR) is 101 cm³/mol. The average molecular weight is 387 g/mol. The zero-order valence-corrected chi connectivity index (χ0v) is 15.7.